The van der Waals surface area contributed by atoms with E-state index in [0.717, 1.165) is 0 Å². The van der Waals surface area contributed by atoms with Crippen LogP contribution in [-0.4, -0.2) is 29.8 Å². The summed E-state index contributed by atoms with van der Waals surface area (Å²) in [6.45, 7) is 3.78. The molecule has 1 unspecified atom stereocenters. The van der Waals surface area contributed by atoms with E-state index in [-0.39, 0.29) is 24.8 Å². The highest BCUT2D eigenvalue weighted by molar-refractivity contribution is 5.79. The van der Waals surface area contributed by atoms with Gasteiger partial charge in [0.05, 0.1) is 0 Å². The number of hydrogen-bond acceptors (Lipinski definition) is 1. The second kappa shape index (κ2) is 4.45. The van der Waals surface area contributed by atoms with E-state index in [1.54, 1.807) is 11.9 Å². The number of carbonyl (C=O) groups is 1. The van der Waals surface area contributed by atoms with E-state index in [1.165, 1.54) is 0 Å². The number of alkyl halides is 2. The monoisotopic (exact) mass is 219 g/mol. The number of halogens is 2. The number of hydrogen-bond donors (Lipinski definition) is 0. The molecule has 0 bridgehead atoms. The summed E-state index contributed by atoms with van der Waals surface area (Å²) in [6, 6.07) is 0.0769. The minimum atomic E-state index is -2.64. The predicted octanol–water partition coefficient (Wildman–Crippen LogP) is 2.68. The van der Waals surface area contributed by atoms with E-state index in [2.05, 4.69) is 0 Å². The lowest BCUT2D eigenvalue weighted by Gasteiger charge is -2.32. The summed E-state index contributed by atoms with van der Waals surface area (Å²) in [5.74, 6) is -3.26. The Kier molecular flexibility index (Phi) is 3.68. The SMILES string of the molecule is CC(C)N(C)C(=O)C1CCCC(F)(F)C1. The van der Waals surface area contributed by atoms with Gasteiger partial charge in [-0.1, -0.05) is 0 Å². The van der Waals surface area contributed by atoms with Gasteiger partial charge in [-0.15, -0.1) is 0 Å². The summed E-state index contributed by atoms with van der Waals surface area (Å²) in [7, 11) is 1.68. The molecule has 1 saturated carbocycles. The van der Waals surface area contributed by atoms with E-state index in [1.807, 2.05) is 13.8 Å². The van der Waals surface area contributed by atoms with Crippen LogP contribution in [0.4, 0.5) is 8.78 Å². The van der Waals surface area contributed by atoms with E-state index in [9.17, 15) is 13.6 Å². The van der Waals surface area contributed by atoms with Crippen molar-refractivity contribution in [3.8, 4) is 0 Å². The predicted molar refractivity (Wildman–Crippen MR) is 54.8 cm³/mol. The van der Waals surface area contributed by atoms with Gasteiger partial charge in [0.1, 0.15) is 0 Å². The highest BCUT2D eigenvalue weighted by Gasteiger charge is 2.40. The Morgan fingerprint density at radius 1 is 1.47 bits per heavy atom. The molecule has 1 aliphatic carbocycles. The molecule has 0 saturated heterocycles. The fourth-order valence-electron chi connectivity index (χ4n) is 1.92. The molecule has 0 aromatic heterocycles. The quantitative estimate of drug-likeness (QED) is 0.699. The first-order valence-corrected chi connectivity index (χ1v) is 5.48. The number of carbonyl (C=O) groups excluding carboxylic acids is 1. The van der Waals surface area contributed by atoms with E-state index >= 15 is 0 Å². The summed E-state index contributed by atoms with van der Waals surface area (Å²) in [6.07, 6.45) is 0.714. The largest absolute Gasteiger partial charge is 0.343 e. The zero-order valence-electron chi connectivity index (χ0n) is 9.59. The Morgan fingerprint density at radius 2 is 2.07 bits per heavy atom. The first-order chi connectivity index (χ1) is 6.83. The smallest absolute Gasteiger partial charge is 0.248 e. The molecule has 1 aliphatic rings. The third-order valence-corrected chi connectivity index (χ3v) is 3.11. The van der Waals surface area contributed by atoms with Crippen molar-refractivity contribution in [3.63, 3.8) is 0 Å². The van der Waals surface area contributed by atoms with Crippen LogP contribution in [0.2, 0.25) is 0 Å². The Hall–Kier alpha value is -0.670. The van der Waals surface area contributed by atoms with Gasteiger partial charge in [0.2, 0.25) is 11.8 Å². The lowest BCUT2D eigenvalue weighted by atomic mass is 9.85. The van der Waals surface area contributed by atoms with Crippen LogP contribution >= 0.6 is 0 Å². The van der Waals surface area contributed by atoms with Gasteiger partial charge in [0, 0.05) is 31.8 Å². The van der Waals surface area contributed by atoms with Crippen LogP contribution in [0.3, 0.4) is 0 Å². The van der Waals surface area contributed by atoms with Gasteiger partial charge in [-0.2, -0.15) is 0 Å². The molecular formula is C11H19F2NO. The normalized spacial score (nSPS) is 25.3. The molecule has 1 fully saturated rings. The molecule has 0 aromatic rings. The second-order valence-corrected chi connectivity index (χ2v) is 4.69. The highest BCUT2D eigenvalue weighted by Crippen LogP contribution is 2.37. The summed E-state index contributed by atoms with van der Waals surface area (Å²) in [4.78, 5) is 13.4. The van der Waals surface area contributed by atoms with Gasteiger partial charge in [-0.25, -0.2) is 8.78 Å². The van der Waals surface area contributed by atoms with Crippen LogP contribution in [0.1, 0.15) is 39.5 Å². The molecule has 88 valence electrons. The number of nitrogens with zero attached hydrogens (tertiary/aromatic N) is 1. The molecule has 1 atom stereocenters. The minimum Gasteiger partial charge on any atom is -0.343 e. The molecule has 1 rings (SSSR count). The van der Waals surface area contributed by atoms with Crippen molar-refractivity contribution in [3.05, 3.63) is 0 Å². The van der Waals surface area contributed by atoms with Gasteiger partial charge in [0.15, 0.2) is 0 Å². The van der Waals surface area contributed by atoms with Crippen molar-refractivity contribution < 1.29 is 13.6 Å². The molecule has 0 radical (unpaired) electrons. The average Bonchev–Trinajstić information content (AvgIpc) is 2.13. The molecule has 0 N–H and O–H groups in total. The highest BCUT2D eigenvalue weighted by atomic mass is 19.3. The van der Waals surface area contributed by atoms with Gasteiger partial charge in [0.25, 0.3) is 0 Å². The molecule has 1 amide bonds. The van der Waals surface area contributed by atoms with Gasteiger partial charge < -0.3 is 4.90 Å². The van der Waals surface area contributed by atoms with Gasteiger partial charge in [-0.3, -0.25) is 4.79 Å². The Bertz CT molecular complexity index is 241. The van der Waals surface area contributed by atoms with Crippen LogP contribution in [0.5, 0.6) is 0 Å². The molecular weight excluding hydrogens is 200 g/mol. The van der Waals surface area contributed by atoms with Crippen molar-refractivity contribution in [2.75, 3.05) is 7.05 Å². The van der Waals surface area contributed by atoms with Crippen LogP contribution in [-0.2, 0) is 4.79 Å². The Morgan fingerprint density at radius 3 is 2.53 bits per heavy atom. The Labute approximate surface area is 89.6 Å². The van der Waals surface area contributed by atoms with Crippen molar-refractivity contribution in [2.45, 2.75) is 51.5 Å². The van der Waals surface area contributed by atoms with E-state index in [4.69, 9.17) is 0 Å². The minimum absolute atomic E-state index is 0.0673. The lowest BCUT2D eigenvalue weighted by Crippen LogP contribution is -2.41. The zero-order valence-corrected chi connectivity index (χ0v) is 9.59. The fraction of sp³-hybridized carbons (Fsp3) is 0.909. The molecule has 4 heteroatoms. The number of amides is 1. The van der Waals surface area contributed by atoms with Crippen LogP contribution < -0.4 is 0 Å². The average molecular weight is 219 g/mol. The van der Waals surface area contributed by atoms with E-state index < -0.39 is 11.8 Å². The summed E-state index contributed by atoms with van der Waals surface area (Å²) in [5.41, 5.74) is 0. The van der Waals surface area contributed by atoms with Crippen molar-refractivity contribution >= 4 is 5.91 Å². The molecule has 15 heavy (non-hydrogen) atoms. The van der Waals surface area contributed by atoms with Crippen LogP contribution in [0.15, 0.2) is 0 Å². The summed E-state index contributed by atoms with van der Waals surface area (Å²) >= 11 is 0. The lowest BCUT2D eigenvalue weighted by molar-refractivity contribution is -0.142. The zero-order chi connectivity index (χ0) is 11.6. The molecule has 0 spiro atoms. The fourth-order valence-corrected chi connectivity index (χ4v) is 1.92. The first kappa shape index (κ1) is 12.4. The maximum Gasteiger partial charge on any atom is 0.248 e. The summed E-state index contributed by atoms with van der Waals surface area (Å²) in [5, 5.41) is 0. The third-order valence-electron chi connectivity index (χ3n) is 3.11. The van der Waals surface area contributed by atoms with Crippen LogP contribution in [0, 0.1) is 5.92 Å². The third kappa shape index (κ3) is 3.14. The molecule has 0 aliphatic heterocycles. The maximum atomic E-state index is 13.1. The summed E-state index contributed by atoms with van der Waals surface area (Å²) < 4.78 is 26.2. The van der Waals surface area contributed by atoms with Crippen molar-refractivity contribution in [1.29, 1.82) is 0 Å². The molecule has 0 heterocycles. The van der Waals surface area contributed by atoms with Crippen molar-refractivity contribution in [1.82, 2.24) is 4.90 Å². The second-order valence-electron chi connectivity index (χ2n) is 4.69. The van der Waals surface area contributed by atoms with Gasteiger partial charge in [-0.05, 0) is 26.7 Å². The topological polar surface area (TPSA) is 20.3 Å². The van der Waals surface area contributed by atoms with Crippen LogP contribution in [0.25, 0.3) is 0 Å². The van der Waals surface area contributed by atoms with Gasteiger partial charge >= 0.3 is 0 Å². The van der Waals surface area contributed by atoms with E-state index in [0.29, 0.717) is 12.8 Å². The molecule has 0 aromatic carbocycles. The number of rotatable bonds is 2. The molecule has 2 nitrogen and oxygen atoms in total. The first-order valence-electron chi connectivity index (χ1n) is 5.48. The standard InChI is InChI=1S/C11H19F2NO/c1-8(2)14(3)10(15)9-5-4-6-11(12,13)7-9/h8-9H,4-7H2,1-3H3. The van der Waals surface area contributed by atoms with Crippen molar-refractivity contribution in [2.24, 2.45) is 5.92 Å². The maximum absolute atomic E-state index is 13.1. The Balaban J connectivity index is 2.60.